The molecule has 0 aliphatic heterocycles. The Morgan fingerprint density at radius 1 is 1.39 bits per heavy atom. The van der Waals surface area contributed by atoms with E-state index in [0.717, 1.165) is 11.1 Å². The summed E-state index contributed by atoms with van der Waals surface area (Å²) in [5.74, 6) is 0.569. The Bertz CT molecular complexity index is 516. The Kier molecular flexibility index (Phi) is 4.18. The molecular formula is C14H14ClNO2. The van der Waals surface area contributed by atoms with E-state index in [-0.39, 0.29) is 0 Å². The molecule has 0 amide bonds. The average molecular weight is 264 g/mol. The highest BCUT2D eigenvalue weighted by molar-refractivity contribution is 6.32. The van der Waals surface area contributed by atoms with Crippen LogP contribution in [0.15, 0.2) is 42.7 Å². The molecule has 0 aliphatic rings. The number of pyridine rings is 1. The third kappa shape index (κ3) is 3.00. The predicted octanol–water partition coefficient (Wildman–Crippen LogP) is 3.02. The molecule has 1 N–H and O–H groups in total. The van der Waals surface area contributed by atoms with Crippen LogP contribution in [0.25, 0.3) is 0 Å². The molecule has 0 fully saturated rings. The second kappa shape index (κ2) is 5.85. The molecule has 94 valence electrons. The van der Waals surface area contributed by atoms with E-state index in [2.05, 4.69) is 4.98 Å². The van der Waals surface area contributed by atoms with Crippen LogP contribution in [-0.2, 0) is 6.42 Å². The van der Waals surface area contributed by atoms with Crippen LogP contribution in [0.5, 0.6) is 5.75 Å². The molecule has 2 aromatic rings. The fourth-order valence-electron chi connectivity index (χ4n) is 1.74. The second-order valence-electron chi connectivity index (χ2n) is 3.98. The zero-order chi connectivity index (χ0) is 13.0. The summed E-state index contributed by atoms with van der Waals surface area (Å²) in [5.41, 5.74) is 1.76. The summed E-state index contributed by atoms with van der Waals surface area (Å²) < 4.78 is 5.13. The fraction of sp³-hybridized carbons (Fsp3) is 0.214. The van der Waals surface area contributed by atoms with Crippen molar-refractivity contribution in [2.24, 2.45) is 0 Å². The standard InChI is InChI=1S/C14H14ClNO2/c1-18-14-8-11(4-5-12(14)15)13(17)7-10-3-2-6-16-9-10/h2-6,8-9,13,17H,7H2,1H3. The van der Waals surface area contributed by atoms with Gasteiger partial charge in [0.05, 0.1) is 18.2 Å². The average Bonchev–Trinajstić information content (AvgIpc) is 2.40. The van der Waals surface area contributed by atoms with E-state index in [0.29, 0.717) is 17.2 Å². The Hall–Kier alpha value is -1.58. The van der Waals surface area contributed by atoms with E-state index in [1.807, 2.05) is 12.1 Å². The molecule has 0 radical (unpaired) electrons. The minimum Gasteiger partial charge on any atom is -0.495 e. The van der Waals surface area contributed by atoms with Gasteiger partial charge in [-0.15, -0.1) is 0 Å². The number of methoxy groups -OCH3 is 1. The lowest BCUT2D eigenvalue weighted by molar-refractivity contribution is 0.178. The van der Waals surface area contributed by atoms with Gasteiger partial charge in [-0.25, -0.2) is 0 Å². The number of aliphatic hydroxyl groups excluding tert-OH is 1. The van der Waals surface area contributed by atoms with Gasteiger partial charge in [0.1, 0.15) is 5.75 Å². The largest absolute Gasteiger partial charge is 0.495 e. The zero-order valence-corrected chi connectivity index (χ0v) is 10.8. The first-order chi connectivity index (χ1) is 8.70. The van der Waals surface area contributed by atoms with Gasteiger partial charge in [0.25, 0.3) is 0 Å². The summed E-state index contributed by atoms with van der Waals surface area (Å²) in [6.07, 6.45) is 3.37. The predicted molar refractivity (Wildman–Crippen MR) is 70.9 cm³/mol. The van der Waals surface area contributed by atoms with Crippen molar-refractivity contribution in [3.05, 3.63) is 58.9 Å². The van der Waals surface area contributed by atoms with Crippen LogP contribution < -0.4 is 4.74 Å². The van der Waals surface area contributed by atoms with Gasteiger partial charge in [0.15, 0.2) is 0 Å². The number of aliphatic hydroxyl groups is 1. The van der Waals surface area contributed by atoms with Crippen LogP contribution in [0.2, 0.25) is 5.02 Å². The molecular weight excluding hydrogens is 250 g/mol. The maximum atomic E-state index is 10.2. The molecule has 1 heterocycles. The van der Waals surface area contributed by atoms with Crippen molar-refractivity contribution in [1.29, 1.82) is 0 Å². The lowest BCUT2D eigenvalue weighted by Crippen LogP contribution is -2.02. The Morgan fingerprint density at radius 2 is 2.22 bits per heavy atom. The van der Waals surface area contributed by atoms with E-state index in [4.69, 9.17) is 16.3 Å². The number of nitrogens with zero attached hydrogens (tertiary/aromatic N) is 1. The summed E-state index contributed by atoms with van der Waals surface area (Å²) >= 11 is 5.94. The number of hydrogen-bond acceptors (Lipinski definition) is 3. The van der Waals surface area contributed by atoms with Gasteiger partial charge in [0.2, 0.25) is 0 Å². The maximum Gasteiger partial charge on any atom is 0.137 e. The van der Waals surface area contributed by atoms with E-state index in [1.165, 1.54) is 0 Å². The molecule has 1 aromatic carbocycles. The molecule has 2 rings (SSSR count). The van der Waals surface area contributed by atoms with Crippen molar-refractivity contribution in [1.82, 2.24) is 4.98 Å². The minimum absolute atomic E-state index is 0.513. The number of rotatable bonds is 4. The van der Waals surface area contributed by atoms with Crippen molar-refractivity contribution in [3.8, 4) is 5.75 Å². The van der Waals surface area contributed by atoms with E-state index < -0.39 is 6.10 Å². The van der Waals surface area contributed by atoms with Gasteiger partial charge < -0.3 is 9.84 Å². The third-order valence-corrected chi connectivity index (χ3v) is 3.02. The highest BCUT2D eigenvalue weighted by Crippen LogP contribution is 2.28. The minimum atomic E-state index is -0.597. The molecule has 1 unspecified atom stereocenters. The third-order valence-electron chi connectivity index (χ3n) is 2.71. The molecule has 1 atom stereocenters. The number of aromatic nitrogens is 1. The molecule has 1 aromatic heterocycles. The van der Waals surface area contributed by atoms with E-state index in [9.17, 15) is 5.11 Å². The zero-order valence-electron chi connectivity index (χ0n) is 10.0. The van der Waals surface area contributed by atoms with Gasteiger partial charge in [-0.05, 0) is 29.3 Å². The summed E-state index contributed by atoms with van der Waals surface area (Å²) in [6.45, 7) is 0. The monoisotopic (exact) mass is 263 g/mol. The molecule has 0 saturated heterocycles. The summed E-state index contributed by atoms with van der Waals surface area (Å²) in [5, 5.41) is 10.7. The number of ether oxygens (including phenoxy) is 1. The normalized spacial score (nSPS) is 12.2. The summed E-state index contributed by atoms with van der Waals surface area (Å²) in [4.78, 5) is 4.02. The highest BCUT2D eigenvalue weighted by atomic mass is 35.5. The molecule has 0 spiro atoms. The Balaban J connectivity index is 2.16. The number of benzene rings is 1. The van der Waals surface area contributed by atoms with Crippen LogP contribution in [0.3, 0.4) is 0 Å². The van der Waals surface area contributed by atoms with Crippen LogP contribution in [0, 0.1) is 0 Å². The quantitative estimate of drug-likeness (QED) is 0.922. The van der Waals surface area contributed by atoms with Gasteiger partial charge in [-0.1, -0.05) is 23.7 Å². The van der Waals surface area contributed by atoms with Crippen molar-refractivity contribution in [2.45, 2.75) is 12.5 Å². The lowest BCUT2D eigenvalue weighted by atomic mass is 10.0. The van der Waals surface area contributed by atoms with Crippen LogP contribution >= 0.6 is 11.6 Å². The highest BCUT2D eigenvalue weighted by Gasteiger charge is 2.11. The first kappa shape index (κ1) is 12.9. The molecule has 0 aliphatic carbocycles. The number of halogens is 1. The topological polar surface area (TPSA) is 42.4 Å². The van der Waals surface area contributed by atoms with Crippen LogP contribution in [0.4, 0.5) is 0 Å². The Labute approximate surface area is 111 Å². The molecule has 0 bridgehead atoms. The molecule has 4 heteroatoms. The molecule has 0 saturated carbocycles. The Morgan fingerprint density at radius 3 is 2.89 bits per heavy atom. The van der Waals surface area contributed by atoms with Crippen molar-refractivity contribution >= 4 is 11.6 Å². The van der Waals surface area contributed by atoms with Gasteiger partial charge in [0, 0.05) is 18.8 Å². The second-order valence-corrected chi connectivity index (χ2v) is 4.38. The fourth-order valence-corrected chi connectivity index (χ4v) is 1.94. The number of hydrogen-bond donors (Lipinski definition) is 1. The maximum absolute atomic E-state index is 10.2. The first-order valence-corrected chi connectivity index (χ1v) is 5.99. The van der Waals surface area contributed by atoms with Crippen molar-refractivity contribution < 1.29 is 9.84 Å². The van der Waals surface area contributed by atoms with Gasteiger partial charge in [-0.2, -0.15) is 0 Å². The van der Waals surface area contributed by atoms with Gasteiger partial charge in [-0.3, -0.25) is 4.98 Å². The smallest absolute Gasteiger partial charge is 0.137 e. The van der Waals surface area contributed by atoms with Crippen molar-refractivity contribution in [3.63, 3.8) is 0 Å². The SMILES string of the molecule is COc1cc(C(O)Cc2cccnc2)ccc1Cl. The van der Waals surface area contributed by atoms with E-state index in [1.54, 1.807) is 37.7 Å². The lowest BCUT2D eigenvalue weighted by Gasteiger charge is -2.12. The van der Waals surface area contributed by atoms with Gasteiger partial charge >= 0.3 is 0 Å². The summed E-state index contributed by atoms with van der Waals surface area (Å²) in [6, 6.07) is 9.06. The molecule has 3 nitrogen and oxygen atoms in total. The molecule has 18 heavy (non-hydrogen) atoms. The van der Waals surface area contributed by atoms with Crippen LogP contribution in [0.1, 0.15) is 17.2 Å². The van der Waals surface area contributed by atoms with Crippen LogP contribution in [-0.4, -0.2) is 17.2 Å². The summed E-state index contributed by atoms with van der Waals surface area (Å²) in [7, 11) is 1.55. The van der Waals surface area contributed by atoms with E-state index >= 15 is 0 Å². The first-order valence-electron chi connectivity index (χ1n) is 5.61. The van der Waals surface area contributed by atoms with Crippen molar-refractivity contribution in [2.75, 3.05) is 7.11 Å².